The Balaban J connectivity index is 1.12. The molecule has 0 spiro atoms. The number of carbonyl (C=O) groups is 4. The van der Waals surface area contributed by atoms with Crippen molar-refractivity contribution in [2.24, 2.45) is 11.8 Å². The van der Waals surface area contributed by atoms with Crippen LogP contribution in [0.25, 0.3) is 0 Å². The van der Waals surface area contributed by atoms with E-state index in [2.05, 4.69) is 10.6 Å². The first kappa shape index (κ1) is 26.9. The van der Waals surface area contributed by atoms with Crippen molar-refractivity contribution in [3.8, 4) is 0 Å². The zero-order chi connectivity index (χ0) is 27.4. The minimum atomic E-state index is -0.227. The highest BCUT2D eigenvalue weighted by atomic mass is 16.2. The average molecular weight is 531 g/mol. The molecule has 206 valence electrons. The number of anilines is 2. The molecule has 2 saturated carbocycles. The predicted octanol–water partition coefficient (Wildman–Crippen LogP) is 4.47. The topological polar surface area (TPSA) is 98.8 Å². The van der Waals surface area contributed by atoms with Gasteiger partial charge in [0.1, 0.15) is 0 Å². The van der Waals surface area contributed by atoms with E-state index in [1.54, 1.807) is 29.2 Å². The molecule has 1 aliphatic heterocycles. The molecule has 8 nitrogen and oxygen atoms in total. The highest BCUT2D eigenvalue weighted by Gasteiger charge is 2.33. The fourth-order valence-corrected chi connectivity index (χ4v) is 5.74. The van der Waals surface area contributed by atoms with Gasteiger partial charge in [-0.2, -0.15) is 0 Å². The molecule has 8 heteroatoms. The molecular formula is C31H38N4O4. The molecule has 4 amide bonds. The molecule has 2 aromatic rings. The predicted molar refractivity (Wildman–Crippen MR) is 150 cm³/mol. The summed E-state index contributed by atoms with van der Waals surface area (Å²) in [5.41, 5.74) is 2.66. The Labute approximate surface area is 230 Å². The summed E-state index contributed by atoms with van der Waals surface area (Å²) < 4.78 is 0. The van der Waals surface area contributed by atoms with Crippen molar-refractivity contribution in [1.82, 2.24) is 9.80 Å². The van der Waals surface area contributed by atoms with Gasteiger partial charge < -0.3 is 20.4 Å². The number of benzene rings is 2. The molecule has 39 heavy (non-hydrogen) atoms. The number of nitrogens with zero attached hydrogens (tertiary/aromatic N) is 2. The van der Waals surface area contributed by atoms with Gasteiger partial charge in [0.15, 0.2) is 0 Å². The molecule has 1 saturated heterocycles. The van der Waals surface area contributed by atoms with Crippen LogP contribution >= 0.6 is 0 Å². The number of nitrogens with one attached hydrogen (secondary N) is 2. The Morgan fingerprint density at radius 2 is 1.56 bits per heavy atom. The van der Waals surface area contributed by atoms with Gasteiger partial charge in [-0.05, 0) is 80.5 Å². The number of hydrogen-bond acceptors (Lipinski definition) is 4. The van der Waals surface area contributed by atoms with Crippen LogP contribution < -0.4 is 10.6 Å². The van der Waals surface area contributed by atoms with E-state index >= 15 is 0 Å². The van der Waals surface area contributed by atoms with Crippen molar-refractivity contribution in [3.05, 3.63) is 59.7 Å². The van der Waals surface area contributed by atoms with Gasteiger partial charge in [-0.25, -0.2) is 0 Å². The van der Waals surface area contributed by atoms with Crippen molar-refractivity contribution in [2.75, 3.05) is 30.8 Å². The molecule has 0 bridgehead atoms. The maximum absolute atomic E-state index is 13.0. The zero-order valence-electron chi connectivity index (χ0n) is 22.7. The monoisotopic (exact) mass is 530 g/mol. The zero-order valence-corrected chi connectivity index (χ0v) is 22.7. The number of rotatable bonds is 8. The Bertz CT molecular complexity index is 1220. The first-order chi connectivity index (χ1) is 18.9. The highest BCUT2D eigenvalue weighted by molar-refractivity contribution is 5.97. The van der Waals surface area contributed by atoms with Crippen molar-refractivity contribution < 1.29 is 19.2 Å². The van der Waals surface area contributed by atoms with Crippen LogP contribution in [0.5, 0.6) is 0 Å². The Hall–Kier alpha value is -3.68. The second kappa shape index (κ2) is 12.0. The van der Waals surface area contributed by atoms with Gasteiger partial charge in [0.2, 0.25) is 17.7 Å². The van der Waals surface area contributed by atoms with Crippen LogP contribution in [0.3, 0.4) is 0 Å². The van der Waals surface area contributed by atoms with Gasteiger partial charge >= 0.3 is 0 Å². The van der Waals surface area contributed by atoms with Gasteiger partial charge in [0.25, 0.3) is 5.91 Å². The third kappa shape index (κ3) is 6.85. The molecule has 3 fully saturated rings. The summed E-state index contributed by atoms with van der Waals surface area (Å²) in [6.45, 7) is 1.21. The summed E-state index contributed by atoms with van der Waals surface area (Å²) >= 11 is 0. The second-order valence-corrected chi connectivity index (χ2v) is 11.2. The van der Waals surface area contributed by atoms with Crippen molar-refractivity contribution in [1.29, 1.82) is 0 Å². The lowest BCUT2D eigenvalue weighted by Crippen LogP contribution is -2.45. The normalized spacial score (nSPS) is 19.4. The lowest BCUT2D eigenvalue weighted by Gasteiger charge is -2.33. The molecule has 1 heterocycles. The van der Waals surface area contributed by atoms with Crippen LogP contribution in [0.15, 0.2) is 48.5 Å². The largest absolute Gasteiger partial charge is 0.342 e. The van der Waals surface area contributed by atoms with Crippen LogP contribution in [0.4, 0.5) is 11.4 Å². The Kier molecular flexibility index (Phi) is 8.29. The number of likely N-dealkylation sites (tertiary alicyclic amines) is 1. The molecule has 1 atom stereocenters. The van der Waals surface area contributed by atoms with Crippen LogP contribution in [-0.2, 0) is 20.8 Å². The Morgan fingerprint density at radius 1 is 0.846 bits per heavy atom. The third-order valence-corrected chi connectivity index (χ3v) is 8.20. The Morgan fingerprint density at radius 3 is 2.28 bits per heavy atom. The smallest absolute Gasteiger partial charge is 0.253 e. The van der Waals surface area contributed by atoms with Crippen molar-refractivity contribution in [2.45, 2.75) is 63.8 Å². The minimum absolute atomic E-state index is 0.00409. The third-order valence-electron chi connectivity index (χ3n) is 8.20. The van der Waals surface area contributed by atoms with Crippen LogP contribution in [-0.4, -0.2) is 59.6 Å². The van der Waals surface area contributed by atoms with Crippen LogP contribution in [0, 0.1) is 11.8 Å². The van der Waals surface area contributed by atoms with Gasteiger partial charge in [-0.3, -0.25) is 19.2 Å². The van der Waals surface area contributed by atoms with Gasteiger partial charge in [-0.1, -0.05) is 25.0 Å². The lowest BCUT2D eigenvalue weighted by atomic mass is 9.95. The molecule has 2 aromatic carbocycles. The summed E-state index contributed by atoms with van der Waals surface area (Å²) in [6, 6.07) is 14.6. The summed E-state index contributed by atoms with van der Waals surface area (Å²) in [4.78, 5) is 54.7. The number of hydrogen-bond donors (Lipinski definition) is 2. The van der Waals surface area contributed by atoms with E-state index in [0.717, 1.165) is 63.5 Å². The standard InChI is InChI=1S/C31H38N4O4/c1-34(27-15-16-27)30(38)23-11-13-25(14-12-23)32-28(36)19-21-6-4-10-26(18-21)33-29(37)24-9-5-17-35(20-24)31(39)22-7-2-3-8-22/h4,6,10-14,18,22,24,27H,2-3,5,7-9,15-17,19-20H2,1H3,(H,32,36)(H,33,37). The fraction of sp³-hybridized carbons (Fsp3) is 0.484. The van der Waals surface area contributed by atoms with Crippen LogP contribution in [0.1, 0.15) is 67.3 Å². The van der Waals surface area contributed by atoms with E-state index in [0.29, 0.717) is 29.5 Å². The number of carbonyl (C=O) groups excluding carboxylic acids is 4. The first-order valence-corrected chi connectivity index (χ1v) is 14.2. The molecule has 2 N–H and O–H groups in total. The maximum Gasteiger partial charge on any atom is 0.253 e. The maximum atomic E-state index is 13.0. The second-order valence-electron chi connectivity index (χ2n) is 11.2. The minimum Gasteiger partial charge on any atom is -0.342 e. The highest BCUT2D eigenvalue weighted by Crippen LogP contribution is 2.29. The first-order valence-electron chi connectivity index (χ1n) is 14.2. The van der Waals surface area contributed by atoms with Gasteiger partial charge in [0.05, 0.1) is 12.3 Å². The van der Waals surface area contributed by atoms with E-state index < -0.39 is 0 Å². The average Bonchev–Trinajstić information content (AvgIpc) is 3.65. The number of amides is 4. The van der Waals surface area contributed by atoms with E-state index in [-0.39, 0.29) is 41.9 Å². The van der Waals surface area contributed by atoms with E-state index in [1.807, 2.05) is 36.2 Å². The summed E-state index contributed by atoms with van der Waals surface area (Å²) in [5.74, 6) is -0.150. The molecular weight excluding hydrogens is 492 g/mol. The molecule has 5 rings (SSSR count). The van der Waals surface area contributed by atoms with Crippen LogP contribution in [0.2, 0.25) is 0 Å². The molecule has 1 unspecified atom stereocenters. The van der Waals surface area contributed by atoms with E-state index in [4.69, 9.17) is 0 Å². The molecule has 0 aromatic heterocycles. The number of piperidine rings is 1. The molecule has 0 radical (unpaired) electrons. The lowest BCUT2D eigenvalue weighted by molar-refractivity contribution is -0.138. The van der Waals surface area contributed by atoms with E-state index in [1.165, 1.54) is 0 Å². The quantitative estimate of drug-likeness (QED) is 0.526. The summed E-state index contributed by atoms with van der Waals surface area (Å²) in [5, 5.41) is 5.88. The van der Waals surface area contributed by atoms with Crippen molar-refractivity contribution in [3.63, 3.8) is 0 Å². The SMILES string of the molecule is CN(C(=O)c1ccc(NC(=O)Cc2cccc(NC(=O)C3CCCN(C(=O)C4CCCC4)C3)c2)cc1)C1CC1. The summed E-state index contributed by atoms with van der Waals surface area (Å²) in [6.07, 6.45) is 8.05. The van der Waals surface area contributed by atoms with E-state index in [9.17, 15) is 19.2 Å². The fourth-order valence-electron chi connectivity index (χ4n) is 5.74. The molecule has 2 aliphatic carbocycles. The van der Waals surface area contributed by atoms with Gasteiger partial charge in [-0.15, -0.1) is 0 Å². The summed E-state index contributed by atoms with van der Waals surface area (Å²) in [7, 11) is 1.83. The molecule has 3 aliphatic rings. The van der Waals surface area contributed by atoms with Gasteiger partial charge in [0, 0.05) is 49.0 Å². The van der Waals surface area contributed by atoms with Crippen molar-refractivity contribution >= 4 is 35.0 Å².